The van der Waals surface area contributed by atoms with Crippen molar-refractivity contribution in [2.24, 2.45) is 0 Å². The number of carbonyl (C=O) groups excluding carboxylic acids is 1. The maximum atomic E-state index is 12.0. The van der Waals surface area contributed by atoms with Crippen LogP contribution in [0.3, 0.4) is 0 Å². The number of carbonyl (C=O) groups is 1. The second-order valence-electron chi connectivity index (χ2n) is 4.59. The van der Waals surface area contributed by atoms with Crippen LogP contribution in [0.25, 0.3) is 5.78 Å². The summed E-state index contributed by atoms with van der Waals surface area (Å²) in [6, 6.07) is 3.79. The molecule has 0 aliphatic rings. The Balaban J connectivity index is 1.83. The third-order valence-electron chi connectivity index (χ3n) is 2.94. The number of amides is 1. The van der Waals surface area contributed by atoms with Gasteiger partial charge in [-0.2, -0.15) is 4.98 Å². The minimum atomic E-state index is -0.311. The second-order valence-corrected chi connectivity index (χ2v) is 4.59. The summed E-state index contributed by atoms with van der Waals surface area (Å²) in [6.07, 6.45) is 3.63. The minimum absolute atomic E-state index is 0.127. The van der Waals surface area contributed by atoms with E-state index in [2.05, 4.69) is 25.4 Å². The van der Waals surface area contributed by atoms with E-state index >= 15 is 0 Å². The molecule has 0 bridgehead atoms. The van der Waals surface area contributed by atoms with Crippen LogP contribution in [0.1, 0.15) is 27.6 Å². The number of rotatable bonds is 3. The fourth-order valence-electron chi connectivity index (χ4n) is 1.99. The third kappa shape index (κ3) is 2.25. The van der Waals surface area contributed by atoms with Gasteiger partial charge in [-0.1, -0.05) is 0 Å². The number of aromatic amines is 1. The Labute approximate surface area is 115 Å². The highest BCUT2D eigenvalue weighted by Crippen LogP contribution is 2.05. The summed E-state index contributed by atoms with van der Waals surface area (Å²) >= 11 is 0. The number of nitrogens with one attached hydrogen (secondary N) is 2. The molecular weight excluding hydrogens is 256 g/mol. The maximum Gasteiger partial charge on any atom is 0.291 e. The lowest BCUT2D eigenvalue weighted by Crippen LogP contribution is -2.23. The summed E-state index contributed by atoms with van der Waals surface area (Å²) in [5.41, 5.74) is 2.73. The standard InChI is InChI=1S/C13H14N6O/c1-8-5-9(2)19-13(16-8)17-11(18-19)12(20)15-7-10-3-4-14-6-10/h3-6,14H,7H2,1-2H3,(H,15,20). The molecule has 0 atom stereocenters. The lowest BCUT2D eigenvalue weighted by atomic mass is 10.3. The van der Waals surface area contributed by atoms with Crippen molar-refractivity contribution in [3.05, 3.63) is 47.3 Å². The normalized spacial score (nSPS) is 10.9. The van der Waals surface area contributed by atoms with E-state index in [0.717, 1.165) is 17.0 Å². The fourth-order valence-corrected chi connectivity index (χ4v) is 1.99. The van der Waals surface area contributed by atoms with E-state index in [4.69, 9.17) is 0 Å². The van der Waals surface area contributed by atoms with E-state index in [1.807, 2.05) is 32.2 Å². The van der Waals surface area contributed by atoms with Crippen LogP contribution in [0.5, 0.6) is 0 Å². The highest BCUT2D eigenvalue weighted by molar-refractivity contribution is 5.90. The van der Waals surface area contributed by atoms with Crippen molar-refractivity contribution in [3.63, 3.8) is 0 Å². The number of fused-ring (bicyclic) bond motifs is 1. The SMILES string of the molecule is Cc1cc(C)n2nc(C(=O)NCc3cc[nH]c3)nc2n1. The number of aromatic nitrogens is 5. The first kappa shape index (κ1) is 12.3. The Morgan fingerprint density at radius 1 is 1.40 bits per heavy atom. The number of nitrogens with zero attached hydrogens (tertiary/aromatic N) is 4. The molecule has 7 heteroatoms. The summed E-state index contributed by atoms with van der Waals surface area (Å²) in [4.78, 5) is 23.4. The Morgan fingerprint density at radius 3 is 3.00 bits per heavy atom. The molecule has 0 saturated carbocycles. The molecule has 3 aromatic heterocycles. The molecule has 3 rings (SSSR count). The quantitative estimate of drug-likeness (QED) is 0.743. The van der Waals surface area contributed by atoms with Crippen LogP contribution in [-0.2, 0) is 6.54 Å². The van der Waals surface area contributed by atoms with E-state index in [9.17, 15) is 4.79 Å². The molecule has 3 heterocycles. The smallest absolute Gasteiger partial charge is 0.291 e. The highest BCUT2D eigenvalue weighted by atomic mass is 16.2. The number of aryl methyl sites for hydroxylation is 2. The van der Waals surface area contributed by atoms with Crippen molar-refractivity contribution in [3.8, 4) is 0 Å². The molecule has 0 unspecified atom stereocenters. The van der Waals surface area contributed by atoms with Gasteiger partial charge in [0.25, 0.3) is 11.7 Å². The zero-order valence-corrected chi connectivity index (χ0v) is 11.2. The molecule has 0 aliphatic heterocycles. The van der Waals surface area contributed by atoms with Crippen LogP contribution in [-0.4, -0.2) is 30.5 Å². The van der Waals surface area contributed by atoms with Gasteiger partial charge in [0.05, 0.1) is 0 Å². The molecular formula is C13H14N6O. The zero-order valence-electron chi connectivity index (χ0n) is 11.2. The predicted octanol–water partition coefficient (Wildman–Crippen LogP) is 0.999. The monoisotopic (exact) mass is 270 g/mol. The molecule has 20 heavy (non-hydrogen) atoms. The van der Waals surface area contributed by atoms with E-state index in [1.165, 1.54) is 0 Å². The second kappa shape index (κ2) is 4.76. The predicted molar refractivity (Wildman–Crippen MR) is 72.2 cm³/mol. The van der Waals surface area contributed by atoms with Gasteiger partial charge in [-0.3, -0.25) is 4.79 Å². The van der Waals surface area contributed by atoms with Gasteiger partial charge in [-0.25, -0.2) is 9.50 Å². The van der Waals surface area contributed by atoms with Crippen molar-refractivity contribution >= 4 is 11.7 Å². The van der Waals surface area contributed by atoms with Gasteiger partial charge in [0.2, 0.25) is 5.82 Å². The first-order valence-corrected chi connectivity index (χ1v) is 6.24. The van der Waals surface area contributed by atoms with E-state index in [0.29, 0.717) is 12.3 Å². The number of hydrogen-bond donors (Lipinski definition) is 2. The highest BCUT2D eigenvalue weighted by Gasteiger charge is 2.14. The van der Waals surface area contributed by atoms with Crippen LogP contribution in [0.15, 0.2) is 24.5 Å². The first-order chi connectivity index (χ1) is 9.63. The lowest BCUT2D eigenvalue weighted by molar-refractivity contribution is 0.0941. The van der Waals surface area contributed by atoms with E-state index < -0.39 is 0 Å². The molecule has 102 valence electrons. The van der Waals surface area contributed by atoms with Gasteiger partial charge in [0.15, 0.2) is 0 Å². The lowest BCUT2D eigenvalue weighted by Gasteiger charge is -1.99. The number of H-pyrrole nitrogens is 1. The van der Waals surface area contributed by atoms with Crippen LogP contribution < -0.4 is 5.32 Å². The van der Waals surface area contributed by atoms with Crippen LogP contribution in [0.4, 0.5) is 0 Å². The van der Waals surface area contributed by atoms with Gasteiger partial charge in [0, 0.05) is 30.3 Å². The molecule has 2 N–H and O–H groups in total. The fraction of sp³-hybridized carbons (Fsp3) is 0.231. The van der Waals surface area contributed by atoms with Crippen molar-refractivity contribution in [1.29, 1.82) is 0 Å². The molecule has 0 aromatic carbocycles. The van der Waals surface area contributed by atoms with Crippen molar-refractivity contribution in [1.82, 2.24) is 29.9 Å². The molecule has 7 nitrogen and oxygen atoms in total. The Morgan fingerprint density at radius 2 is 2.25 bits per heavy atom. The van der Waals surface area contributed by atoms with Gasteiger partial charge in [-0.15, -0.1) is 5.10 Å². The molecule has 3 aromatic rings. The molecule has 0 radical (unpaired) electrons. The molecule has 0 saturated heterocycles. The number of hydrogen-bond acceptors (Lipinski definition) is 4. The Bertz CT molecular complexity index is 759. The van der Waals surface area contributed by atoms with Crippen LogP contribution >= 0.6 is 0 Å². The average molecular weight is 270 g/mol. The Hall–Kier alpha value is -2.70. The van der Waals surface area contributed by atoms with Crippen LogP contribution in [0.2, 0.25) is 0 Å². The zero-order chi connectivity index (χ0) is 14.1. The van der Waals surface area contributed by atoms with Crippen molar-refractivity contribution in [2.75, 3.05) is 0 Å². The molecule has 1 amide bonds. The average Bonchev–Trinajstić information content (AvgIpc) is 3.04. The summed E-state index contributed by atoms with van der Waals surface area (Å²) in [5.74, 6) is 0.254. The van der Waals surface area contributed by atoms with Crippen LogP contribution in [0, 0.1) is 13.8 Å². The summed E-state index contributed by atoms with van der Waals surface area (Å²) in [6.45, 7) is 4.22. The molecule has 0 aliphatic carbocycles. The van der Waals surface area contributed by atoms with Gasteiger partial charge in [-0.05, 0) is 31.5 Å². The minimum Gasteiger partial charge on any atom is -0.367 e. The largest absolute Gasteiger partial charge is 0.367 e. The Kier molecular flexibility index (Phi) is 2.94. The topological polar surface area (TPSA) is 88.0 Å². The summed E-state index contributed by atoms with van der Waals surface area (Å²) < 4.78 is 1.57. The molecule has 0 spiro atoms. The maximum absolute atomic E-state index is 12.0. The van der Waals surface area contributed by atoms with Gasteiger partial charge >= 0.3 is 0 Å². The van der Waals surface area contributed by atoms with E-state index in [1.54, 1.807) is 10.7 Å². The van der Waals surface area contributed by atoms with Gasteiger partial charge < -0.3 is 10.3 Å². The summed E-state index contributed by atoms with van der Waals surface area (Å²) in [5, 5.41) is 6.95. The van der Waals surface area contributed by atoms with Gasteiger partial charge in [0.1, 0.15) is 0 Å². The van der Waals surface area contributed by atoms with Crippen molar-refractivity contribution < 1.29 is 4.79 Å². The molecule has 0 fully saturated rings. The third-order valence-corrected chi connectivity index (χ3v) is 2.94. The first-order valence-electron chi connectivity index (χ1n) is 6.24. The van der Waals surface area contributed by atoms with Crippen molar-refractivity contribution in [2.45, 2.75) is 20.4 Å². The summed E-state index contributed by atoms with van der Waals surface area (Å²) in [7, 11) is 0. The van der Waals surface area contributed by atoms with E-state index in [-0.39, 0.29) is 11.7 Å².